The Morgan fingerprint density at radius 3 is 2.31 bits per heavy atom. The molecule has 0 aliphatic rings. The van der Waals surface area contributed by atoms with Crippen molar-refractivity contribution < 1.29 is 27.5 Å². The van der Waals surface area contributed by atoms with Crippen LogP contribution in [0.5, 0.6) is 5.75 Å². The van der Waals surface area contributed by atoms with Gasteiger partial charge in [0.15, 0.2) is 0 Å². The number of rotatable bonds is 12. The molecule has 29 heavy (non-hydrogen) atoms. The summed E-state index contributed by atoms with van der Waals surface area (Å²) in [6.07, 6.45) is 0.815. The van der Waals surface area contributed by atoms with Crippen molar-refractivity contribution in [3.05, 3.63) is 23.3 Å². The maximum Gasteiger partial charge on any atom is 0.325 e. The normalized spacial score (nSPS) is 12.3. The van der Waals surface area contributed by atoms with Gasteiger partial charge in [0.2, 0.25) is 15.9 Å². The van der Waals surface area contributed by atoms with Crippen LogP contribution >= 0.6 is 0 Å². The van der Waals surface area contributed by atoms with Crippen LogP contribution in [0.3, 0.4) is 0 Å². The first kappa shape index (κ1) is 24.8. The predicted octanol–water partition coefficient (Wildman–Crippen LogP) is -0.684. The number of nitrogens with two attached hydrogens (primary N) is 2. The summed E-state index contributed by atoms with van der Waals surface area (Å²) in [7, 11) is -2.84. The average Bonchev–Trinajstić information content (AvgIpc) is 2.66. The molecule has 11 heteroatoms. The van der Waals surface area contributed by atoms with Gasteiger partial charge in [-0.15, -0.1) is 0 Å². The van der Waals surface area contributed by atoms with Crippen molar-refractivity contribution in [2.75, 3.05) is 33.4 Å². The summed E-state index contributed by atoms with van der Waals surface area (Å²) in [5.41, 5.74) is 11.7. The quantitative estimate of drug-likeness (QED) is 0.250. The van der Waals surface area contributed by atoms with Crippen LogP contribution in [0.4, 0.5) is 0 Å². The summed E-state index contributed by atoms with van der Waals surface area (Å²) in [4.78, 5) is 23.2. The maximum absolute atomic E-state index is 12.7. The average molecular weight is 431 g/mol. The number of hydrogen-bond acceptors (Lipinski definition) is 8. The molecule has 1 amide bonds. The molecule has 1 atom stereocenters. The third-order valence-corrected chi connectivity index (χ3v) is 5.78. The third kappa shape index (κ3) is 7.61. The van der Waals surface area contributed by atoms with E-state index in [4.69, 9.17) is 16.2 Å². The standard InChI is InChI=1S/C18H30N4O6S/c1-12-9-14(28-8-4-5-16(23)21-7-6-19)10-13(2)17(12)29(25,26)22-15(11-20)18(24)27-3/h9-10,15,22H,4-8,11,19-20H2,1-3H3,(H,21,23)/t15-/m1/s1. The number of esters is 1. The molecule has 10 nitrogen and oxygen atoms in total. The number of methoxy groups -OCH3 is 1. The molecule has 6 N–H and O–H groups in total. The van der Waals surface area contributed by atoms with E-state index in [1.54, 1.807) is 26.0 Å². The van der Waals surface area contributed by atoms with Gasteiger partial charge >= 0.3 is 5.97 Å². The van der Waals surface area contributed by atoms with Crippen molar-refractivity contribution in [2.45, 2.75) is 37.6 Å². The molecule has 0 heterocycles. The minimum absolute atomic E-state index is 0.0494. The molecule has 0 aliphatic heterocycles. The van der Waals surface area contributed by atoms with Crippen molar-refractivity contribution in [1.82, 2.24) is 10.0 Å². The van der Waals surface area contributed by atoms with E-state index in [0.29, 0.717) is 49.4 Å². The van der Waals surface area contributed by atoms with Gasteiger partial charge in [-0.25, -0.2) is 8.42 Å². The summed E-state index contributed by atoms with van der Waals surface area (Å²) < 4.78 is 37.9. The zero-order chi connectivity index (χ0) is 22.0. The molecule has 164 valence electrons. The Balaban J connectivity index is 2.81. The molecule has 0 aliphatic carbocycles. The summed E-state index contributed by atoms with van der Waals surface area (Å²) >= 11 is 0. The van der Waals surface area contributed by atoms with Crippen LogP contribution in [-0.2, 0) is 24.3 Å². The summed E-state index contributed by atoms with van der Waals surface area (Å²) in [6, 6.07) is 2.00. The Bertz CT molecular complexity index is 790. The fourth-order valence-corrected chi connectivity index (χ4v) is 4.37. The van der Waals surface area contributed by atoms with Gasteiger partial charge in [-0.05, 0) is 43.5 Å². The van der Waals surface area contributed by atoms with Crippen LogP contribution in [0, 0.1) is 13.8 Å². The van der Waals surface area contributed by atoms with Crippen molar-refractivity contribution >= 4 is 21.9 Å². The maximum atomic E-state index is 12.7. The minimum atomic E-state index is -4.00. The number of amides is 1. The van der Waals surface area contributed by atoms with Crippen LogP contribution in [0.15, 0.2) is 17.0 Å². The first-order valence-electron chi connectivity index (χ1n) is 9.17. The topological polar surface area (TPSA) is 163 Å². The first-order valence-corrected chi connectivity index (χ1v) is 10.7. The summed E-state index contributed by atoms with van der Waals surface area (Å²) in [5.74, 6) is -0.370. The van der Waals surface area contributed by atoms with Crippen molar-refractivity contribution in [2.24, 2.45) is 11.5 Å². The second kappa shape index (κ2) is 11.7. The monoisotopic (exact) mass is 430 g/mol. The van der Waals surface area contributed by atoms with Crippen LogP contribution < -0.4 is 26.2 Å². The second-order valence-corrected chi connectivity index (χ2v) is 8.06. The van der Waals surface area contributed by atoms with Crippen LogP contribution in [0.1, 0.15) is 24.0 Å². The Labute approximate surface area is 171 Å². The van der Waals surface area contributed by atoms with E-state index in [2.05, 4.69) is 14.8 Å². The Hall–Kier alpha value is -2.21. The van der Waals surface area contributed by atoms with Gasteiger partial charge in [-0.3, -0.25) is 9.59 Å². The molecule has 0 saturated carbocycles. The molecule has 0 unspecified atom stereocenters. The van der Waals surface area contributed by atoms with E-state index in [-0.39, 0.29) is 17.3 Å². The van der Waals surface area contributed by atoms with Gasteiger partial charge in [0.05, 0.1) is 18.6 Å². The van der Waals surface area contributed by atoms with Gasteiger partial charge in [0.1, 0.15) is 11.8 Å². The highest BCUT2D eigenvalue weighted by Gasteiger charge is 2.28. The zero-order valence-electron chi connectivity index (χ0n) is 17.0. The minimum Gasteiger partial charge on any atom is -0.494 e. The third-order valence-electron chi connectivity index (χ3n) is 4.00. The van der Waals surface area contributed by atoms with Crippen LogP contribution in [-0.4, -0.2) is 59.7 Å². The van der Waals surface area contributed by atoms with Gasteiger partial charge in [-0.1, -0.05) is 0 Å². The molecule has 1 aromatic rings. The number of sulfonamides is 1. The molecule has 0 spiro atoms. The highest BCUT2D eigenvalue weighted by atomic mass is 32.2. The lowest BCUT2D eigenvalue weighted by Gasteiger charge is -2.18. The number of ether oxygens (including phenoxy) is 2. The highest BCUT2D eigenvalue weighted by Crippen LogP contribution is 2.26. The Morgan fingerprint density at radius 1 is 1.17 bits per heavy atom. The SMILES string of the molecule is COC(=O)[C@@H](CN)NS(=O)(=O)c1c(C)cc(OCCCC(=O)NCCN)cc1C. The lowest BCUT2D eigenvalue weighted by molar-refractivity contribution is -0.142. The molecule has 1 aromatic carbocycles. The van der Waals surface area contributed by atoms with Gasteiger partial charge < -0.3 is 26.3 Å². The fourth-order valence-electron chi connectivity index (χ4n) is 2.72. The molecule has 0 bridgehead atoms. The van der Waals surface area contributed by atoms with E-state index in [9.17, 15) is 18.0 Å². The van der Waals surface area contributed by atoms with Gasteiger partial charge in [-0.2, -0.15) is 4.72 Å². The molecule has 1 rings (SSSR count). The van der Waals surface area contributed by atoms with E-state index >= 15 is 0 Å². The number of carbonyl (C=O) groups excluding carboxylic acids is 2. The highest BCUT2D eigenvalue weighted by molar-refractivity contribution is 7.89. The summed E-state index contributed by atoms with van der Waals surface area (Å²) in [6.45, 7) is 4.15. The largest absolute Gasteiger partial charge is 0.494 e. The van der Waals surface area contributed by atoms with Crippen LogP contribution in [0.2, 0.25) is 0 Å². The number of carbonyl (C=O) groups is 2. The van der Waals surface area contributed by atoms with Crippen molar-refractivity contribution in [1.29, 1.82) is 0 Å². The van der Waals surface area contributed by atoms with E-state index in [1.165, 1.54) is 0 Å². The Kier molecular flexibility index (Phi) is 10.0. The predicted molar refractivity (Wildman–Crippen MR) is 108 cm³/mol. The summed E-state index contributed by atoms with van der Waals surface area (Å²) in [5, 5.41) is 2.67. The zero-order valence-corrected chi connectivity index (χ0v) is 17.8. The van der Waals surface area contributed by atoms with E-state index in [1.807, 2.05) is 0 Å². The molecular formula is C18H30N4O6S. The molecule has 0 saturated heterocycles. The number of hydrogen-bond donors (Lipinski definition) is 4. The van der Waals surface area contributed by atoms with E-state index < -0.39 is 22.0 Å². The number of aryl methyl sites for hydroxylation is 2. The number of benzene rings is 1. The smallest absolute Gasteiger partial charge is 0.325 e. The lowest BCUT2D eigenvalue weighted by Crippen LogP contribution is -2.46. The molecular weight excluding hydrogens is 400 g/mol. The van der Waals surface area contributed by atoms with Crippen molar-refractivity contribution in [3.63, 3.8) is 0 Å². The molecule has 0 fully saturated rings. The molecule has 0 radical (unpaired) electrons. The van der Waals surface area contributed by atoms with Gasteiger partial charge in [0.25, 0.3) is 0 Å². The van der Waals surface area contributed by atoms with Gasteiger partial charge in [0, 0.05) is 26.1 Å². The second-order valence-electron chi connectivity index (χ2n) is 6.41. The lowest BCUT2D eigenvalue weighted by atomic mass is 10.1. The molecule has 0 aromatic heterocycles. The van der Waals surface area contributed by atoms with E-state index in [0.717, 1.165) is 7.11 Å². The number of nitrogens with one attached hydrogen (secondary N) is 2. The Morgan fingerprint density at radius 2 is 1.79 bits per heavy atom. The first-order chi connectivity index (χ1) is 13.7. The van der Waals surface area contributed by atoms with Crippen LogP contribution in [0.25, 0.3) is 0 Å². The fraction of sp³-hybridized carbons (Fsp3) is 0.556. The van der Waals surface area contributed by atoms with Crippen molar-refractivity contribution in [3.8, 4) is 5.75 Å².